The average Bonchev–Trinajstić information content (AvgIpc) is 3.94. The molecular weight excluding hydrogens is 799 g/mol. The van der Waals surface area contributed by atoms with Crippen molar-refractivity contribution in [3.63, 3.8) is 0 Å². The maximum Gasteiger partial charge on any atom is 0.243 e. The van der Waals surface area contributed by atoms with Gasteiger partial charge in [-0.2, -0.15) is 0 Å². The molecular formula is C47H69N11O5. The molecule has 63 heavy (non-hydrogen) atoms. The number of imidazole rings is 1. The van der Waals surface area contributed by atoms with E-state index in [2.05, 4.69) is 48.1 Å². The summed E-state index contributed by atoms with van der Waals surface area (Å²) in [4.78, 5) is 82.6. The highest BCUT2D eigenvalue weighted by Crippen LogP contribution is 2.19. The van der Waals surface area contributed by atoms with Crippen LogP contribution in [0.15, 0.2) is 78.3 Å². The molecule has 16 nitrogen and oxygen atoms in total. The van der Waals surface area contributed by atoms with Gasteiger partial charge in [0.05, 0.1) is 6.33 Å². The van der Waals surface area contributed by atoms with E-state index in [1.54, 1.807) is 12.4 Å². The number of carbonyl (C=O) groups excluding carboxylic acids is 5. The van der Waals surface area contributed by atoms with Gasteiger partial charge in [-0.1, -0.05) is 126 Å². The van der Waals surface area contributed by atoms with E-state index in [0.717, 1.165) is 41.3 Å². The van der Waals surface area contributed by atoms with Crippen LogP contribution in [-0.2, 0) is 43.2 Å². The third-order valence-electron chi connectivity index (χ3n) is 11.1. The summed E-state index contributed by atoms with van der Waals surface area (Å²) in [5.41, 5.74) is 19.9. The van der Waals surface area contributed by atoms with Crippen molar-refractivity contribution in [2.45, 2.75) is 147 Å². The number of aromatic amines is 2. The summed E-state index contributed by atoms with van der Waals surface area (Å²) in [5.74, 6) is -3.01. The number of guanidine groups is 1. The van der Waals surface area contributed by atoms with Gasteiger partial charge in [-0.05, 0) is 36.5 Å². The number of aliphatic imine (C=N–C) groups is 1. The lowest BCUT2D eigenvalue weighted by Crippen LogP contribution is -2.59. The van der Waals surface area contributed by atoms with Gasteiger partial charge in [-0.3, -0.25) is 29.0 Å². The first-order chi connectivity index (χ1) is 30.5. The summed E-state index contributed by atoms with van der Waals surface area (Å²) < 4.78 is 0. The van der Waals surface area contributed by atoms with Crippen LogP contribution in [0.3, 0.4) is 0 Å². The van der Waals surface area contributed by atoms with E-state index in [4.69, 9.17) is 17.2 Å². The van der Waals surface area contributed by atoms with Crippen LogP contribution >= 0.6 is 0 Å². The Kier molecular flexibility index (Phi) is 21.7. The summed E-state index contributed by atoms with van der Waals surface area (Å²) in [5, 5.41) is 12.2. The van der Waals surface area contributed by atoms with Gasteiger partial charge in [0.2, 0.25) is 29.5 Å². The van der Waals surface area contributed by atoms with Crippen molar-refractivity contribution in [3.8, 4) is 0 Å². The van der Waals surface area contributed by atoms with Crippen molar-refractivity contribution in [1.82, 2.24) is 36.2 Å². The van der Waals surface area contributed by atoms with Gasteiger partial charge in [0.25, 0.3) is 0 Å². The molecule has 4 aromatic rings. The Hall–Kier alpha value is -6.19. The maximum atomic E-state index is 14.3. The molecule has 16 heteroatoms. The topological polar surface area (TPSA) is 268 Å². The van der Waals surface area contributed by atoms with Crippen LogP contribution in [0.4, 0.5) is 0 Å². The third kappa shape index (κ3) is 18.4. The molecule has 0 unspecified atom stereocenters. The number of carbonyl (C=O) groups is 5. The quantitative estimate of drug-likeness (QED) is 0.0197. The highest BCUT2D eigenvalue weighted by atomic mass is 16.2. The lowest BCUT2D eigenvalue weighted by Gasteiger charge is -2.26. The van der Waals surface area contributed by atoms with Gasteiger partial charge >= 0.3 is 0 Å². The molecule has 2 aromatic heterocycles. The van der Waals surface area contributed by atoms with E-state index >= 15 is 0 Å². The van der Waals surface area contributed by atoms with Crippen LogP contribution in [-0.4, -0.2) is 81.2 Å². The first-order valence-corrected chi connectivity index (χ1v) is 22.6. The number of benzene rings is 2. The van der Waals surface area contributed by atoms with E-state index in [-0.39, 0.29) is 50.5 Å². The molecule has 2 heterocycles. The Balaban J connectivity index is 1.43. The van der Waals surface area contributed by atoms with Gasteiger partial charge in [0, 0.05) is 61.2 Å². The molecule has 0 saturated carbocycles. The Morgan fingerprint density at radius 2 is 1.22 bits per heavy atom. The molecule has 0 radical (unpaired) electrons. The Labute approximate surface area is 371 Å². The monoisotopic (exact) mass is 868 g/mol. The van der Waals surface area contributed by atoms with Gasteiger partial charge in [0.15, 0.2) is 5.96 Å². The summed E-state index contributed by atoms with van der Waals surface area (Å²) >= 11 is 0. The molecule has 0 aliphatic heterocycles. The van der Waals surface area contributed by atoms with E-state index in [1.165, 1.54) is 57.7 Å². The zero-order chi connectivity index (χ0) is 45.2. The van der Waals surface area contributed by atoms with E-state index in [0.29, 0.717) is 18.5 Å². The second kappa shape index (κ2) is 27.7. The molecule has 0 saturated heterocycles. The number of nitrogens with one attached hydrogen (secondary N) is 6. The van der Waals surface area contributed by atoms with Gasteiger partial charge in [-0.15, -0.1) is 0 Å². The smallest absolute Gasteiger partial charge is 0.243 e. The summed E-state index contributed by atoms with van der Waals surface area (Å²) in [6, 6.07) is 12.2. The van der Waals surface area contributed by atoms with Crippen LogP contribution in [0.25, 0.3) is 10.9 Å². The van der Waals surface area contributed by atoms with Crippen LogP contribution in [0.1, 0.15) is 120 Å². The number of aromatic nitrogens is 3. The van der Waals surface area contributed by atoms with Crippen LogP contribution in [0, 0.1) is 0 Å². The summed E-state index contributed by atoms with van der Waals surface area (Å²) in [7, 11) is 0. The fourth-order valence-corrected chi connectivity index (χ4v) is 7.61. The minimum absolute atomic E-state index is 0.0782. The van der Waals surface area contributed by atoms with Crippen molar-refractivity contribution in [2.75, 3.05) is 6.54 Å². The lowest BCUT2D eigenvalue weighted by molar-refractivity contribution is -0.134. The predicted molar refractivity (Wildman–Crippen MR) is 247 cm³/mol. The minimum atomic E-state index is -1.16. The number of fused-ring (bicyclic) bond motifs is 1. The van der Waals surface area contributed by atoms with Gasteiger partial charge in [-0.25, -0.2) is 4.98 Å². The highest BCUT2D eigenvalue weighted by Gasteiger charge is 2.32. The first kappa shape index (κ1) is 49.5. The fourth-order valence-electron chi connectivity index (χ4n) is 7.61. The van der Waals surface area contributed by atoms with Crippen molar-refractivity contribution in [2.24, 2.45) is 22.2 Å². The second-order valence-corrected chi connectivity index (χ2v) is 16.3. The van der Waals surface area contributed by atoms with E-state index < -0.39 is 47.8 Å². The molecule has 4 atom stereocenters. The van der Waals surface area contributed by atoms with Crippen molar-refractivity contribution >= 4 is 46.4 Å². The molecule has 0 spiro atoms. The number of H-pyrrole nitrogens is 2. The molecule has 5 amide bonds. The summed E-state index contributed by atoms with van der Waals surface area (Å²) in [6.45, 7) is 2.41. The van der Waals surface area contributed by atoms with Crippen LogP contribution in [0.2, 0.25) is 0 Å². The number of nitrogens with zero attached hydrogens (tertiary/aromatic N) is 2. The zero-order valence-electron chi connectivity index (χ0n) is 36.8. The summed E-state index contributed by atoms with van der Waals surface area (Å²) in [6.07, 6.45) is 19.8. The molecule has 0 aliphatic rings. The predicted octanol–water partition coefficient (Wildman–Crippen LogP) is 4.49. The second-order valence-electron chi connectivity index (χ2n) is 16.3. The first-order valence-electron chi connectivity index (χ1n) is 22.6. The Bertz CT molecular complexity index is 2010. The maximum absolute atomic E-state index is 14.3. The Morgan fingerprint density at radius 1 is 0.635 bits per heavy atom. The number of unbranched alkanes of at least 4 members (excludes halogenated alkanes) is 11. The number of rotatable bonds is 31. The molecule has 2 aromatic carbocycles. The molecule has 0 aliphatic carbocycles. The minimum Gasteiger partial charge on any atom is -0.370 e. The number of primary amides is 1. The fraction of sp³-hybridized carbons (Fsp3) is 0.511. The van der Waals surface area contributed by atoms with Crippen molar-refractivity contribution in [3.05, 3.63) is 90.1 Å². The number of hydrogen-bond acceptors (Lipinski definition) is 7. The number of hydrogen-bond donors (Lipinski definition) is 9. The Morgan fingerprint density at radius 3 is 1.86 bits per heavy atom. The van der Waals surface area contributed by atoms with Gasteiger partial charge in [0.1, 0.15) is 24.2 Å². The highest BCUT2D eigenvalue weighted by molar-refractivity contribution is 5.96. The number of amides is 5. The number of para-hydroxylation sites is 1. The average molecular weight is 868 g/mol. The van der Waals surface area contributed by atoms with Crippen molar-refractivity contribution in [1.29, 1.82) is 0 Å². The molecule has 4 rings (SSSR count). The largest absolute Gasteiger partial charge is 0.370 e. The van der Waals surface area contributed by atoms with Gasteiger partial charge < -0.3 is 48.4 Å². The van der Waals surface area contributed by atoms with E-state index in [1.807, 2.05) is 54.6 Å². The number of nitrogens with two attached hydrogens (primary N) is 3. The lowest BCUT2D eigenvalue weighted by atomic mass is 10.0. The normalized spacial score (nSPS) is 13.0. The SMILES string of the molecule is CCCCCCCCCCCCCCC(=O)N[C@@H](Cc1cnc[nH]1)C(=O)N[C@H](Cc1ccccc1)C(=O)N[C@@H](CCCN=C(N)N)C(=O)N[C@@H](Cc1c[nH]c2ccccc12)C(N)=O. The standard InChI is InChI=1S/C47H69N11O5/c1-2-3-4-5-6-7-8-9-10-11-12-16-25-42(59)55-41(29-35-31-51-32-54-35)46(63)58-40(27-33-20-14-13-15-21-33)45(62)56-38(24-19-26-52-47(49)50)44(61)57-39(43(48)60)28-34-30-53-37-23-18-17-22-36(34)37/h13-15,17-18,20-23,30-32,38-41,53H,2-12,16,19,24-29H2,1H3,(H2,48,60)(H,51,54)(H,55,59)(H,56,62)(H,57,61)(H,58,63)(H4,49,50,52)/t38-,39-,40+,41-/m0/s1. The van der Waals surface area contributed by atoms with E-state index in [9.17, 15) is 24.0 Å². The van der Waals surface area contributed by atoms with Crippen LogP contribution < -0.4 is 38.5 Å². The van der Waals surface area contributed by atoms with Crippen LogP contribution in [0.5, 0.6) is 0 Å². The van der Waals surface area contributed by atoms with Crippen molar-refractivity contribution < 1.29 is 24.0 Å². The molecule has 12 N–H and O–H groups in total. The molecule has 342 valence electrons. The molecule has 0 fully saturated rings. The third-order valence-corrected chi connectivity index (χ3v) is 11.1. The zero-order valence-corrected chi connectivity index (χ0v) is 36.8. The molecule has 0 bridgehead atoms.